The monoisotopic (exact) mass is 453 g/mol. The zero-order valence-electron chi connectivity index (χ0n) is 19.3. The summed E-state index contributed by atoms with van der Waals surface area (Å²) in [6.07, 6.45) is 4.98. The van der Waals surface area contributed by atoms with Gasteiger partial charge >= 0.3 is 5.97 Å². The van der Waals surface area contributed by atoms with Crippen molar-refractivity contribution in [2.45, 2.75) is 58.7 Å². The number of imidazole rings is 1. The van der Waals surface area contributed by atoms with E-state index in [2.05, 4.69) is 16.4 Å². The lowest BCUT2D eigenvalue weighted by atomic mass is 10.0. The van der Waals surface area contributed by atoms with Crippen molar-refractivity contribution in [2.75, 3.05) is 12.0 Å². The number of para-hydroxylation sites is 1. The van der Waals surface area contributed by atoms with Crippen LogP contribution < -0.4 is 4.90 Å². The third-order valence-corrected chi connectivity index (χ3v) is 6.18. The first-order chi connectivity index (χ1) is 15.4. The van der Waals surface area contributed by atoms with Gasteiger partial charge in [-0.2, -0.15) is 0 Å². The van der Waals surface area contributed by atoms with E-state index >= 15 is 0 Å². The topological polar surface area (TPSA) is 47.4 Å². The van der Waals surface area contributed by atoms with E-state index < -0.39 is 5.54 Å². The smallest absolute Gasteiger partial charge is 0.331 e. The molecule has 2 aromatic carbocycles. The van der Waals surface area contributed by atoms with Crippen LogP contribution >= 0.6 is 11.6 Å². The molecule has 32 heavy (non-hydrogen) atoms. The summed E-state index contributed by atoms with van der Waals surface area (Å²) < 4.78 is 7.37. The van der Waals surface area contributed by atoms with Crippen LogP contribution in [0.5, 0.6) is 0 Å². The van der Waals surface area contributed by atoms with Gasteiger partial charge in [0.2, 0.25) is 0 Å². The van der Waals surface area contributed by atoms with Crippen LogP contribution in [0.4, 0.5) is 5.69 Å². The number of nitrogens with zero attached hydrogens (tertiary/aromatic N) is 3. The molecule has 3 rings (SSSR count). The van der Waals surface area contributed by atoms with Crippen molar-refractivity contribution >= 4 is 23.3 Å². The van der Waals surface area contributed by atoms with Crippen molar-refractivity contribution in [1.29, 1.82) is 0 Å². The van der Waals surface area contributed by atoms with Crippen molar-refractivity contribution in [3.8, 4) is 0 Å². The Morgan fingerprint density at radius 1 is 1.12 bits per heavy atom. The van der Waals surface area contributed by atoms with Crippen LogP contribution in [-0.2, 0) is 29.0 Å². The molecule has 0 fully saturated rings. The average Bonchev–Trinajstić information content (AvgIpc) is 3.18. The number of aromatic nitrogens is 2. The molecule has 1 aromatic heterocycles. The first-order valence-corrected chi connectivity index (χ1v) is 11.4. The quantitative estimate of drug-likeness (QED) is 0.359. The number of methoxy groups -OCH3 is 1. The molecule has 0 atom stereocenters. The number of unbranched alkanes of at least 4 members (excludes halogenated alkanes) is 1. The number of esters is 1. The van der Waals surface area contributed by atoms with Crippen LogP contribution in [0.15, 0.2) is 60.8 Å². The van der Waals surface area contributed by atoms with Gasteiger partial charge in [0.1, 0.15) is 11.4 Å². The largest absolute Gasteiger partial charge is 0.467 e. The minimum absolute atomic E-state index is 0.287. The van der Waals surface area contributed by atoms with E-state index in [-0.39, 0.29) is 5.97 Å². The fourth-order valence-electron chi connectivity index (χ4n) is 3.85. The van der Waals surface area contributed by atoms with Crippen LogP contribution in [0, 0.1) is 0 Å². The van der Waals surface area contributed by atoms with E-state index in [9.17, 15) is 4.79 Å². The van der Waals surface area contributed by atoms with Gasteiger partial charge in [-0.3, -0.25) is 0 Å². The zero-order valence-corrected chi connectivity index (χ0v) is 20.1. The molecule has 0 saturated carbocycles. The third-order valence-electron chi connectivity index (χ3n) is 5.81. The van der Waals surface area contributed by atoms with Crippen molar-refractivity contribution < 1.29 is 9.53 Å². The molecule has 0 amide bonds. The number of aryl methyl sites for hydroxylation is 1. The summed E-state index contributed by atoms with van der Waals surface area (Å²) in [4.78, 5) is 19.5. The van der Waals surface area contributed by atoms with Crippen LogP contribution in [0.25, 0.3) is 0 Å². The fourth-order valence-corrected chi connectivity index (χ4v) is 4.04. The molecule has 3 aromatic rings. The van der Waals surface area contributed by atoms with E-state index in [4.69, 9.17) is 21.3 Å². The van der Waals surface area contributed by atoms with E-state index in [1.807, 2.05) is 74.6 Å². The molecule has 0 radical (unpaired) electrons. The normalized spacial score (nSPS) is 11.4. The van der Waals surface area contributed by atoms with Gasteiger partial charge < -0.3 is 14.2 Å². The lowest BCUT2D eigenvalue weighted by Gasteiger charge is -2.38. The van der Waals surface area contributed by atoms with Gasteiger partial charge in [-0.1, -0.05) is 61.3 Å². The van der Waals surface area contributed by atoms with Crippen LogP contribution in [0.1, 0.15) is 50.7 Å². The van der Waals surface area contributed by atoms with E-state index in [1.165, 1.54) is 7.11 Å². The van der Waals surface area contributed by atoms with Gasteiger partial charge in [0.15, 0.2) is 0 Å². The number of rotatable bonds is 10. The molecule has 0 saturated heterocycles. The predicted molar refractivity (Wildman–Crippen MR) is 130 cm³/mol. The molecule has 0 bridgehead atoms. The molecule has 0 N–H and O–H groups in total. The molecule has 170 valence electrons. The second-order valence-electron chi connectivity index (χ2n) is 8.42. The van der Waals surface area contributed by atoms with Gasteiger partial charge in [-0.05, 0) is 44.0 Å². The molecule has 0 aliphatic carbocycles. The highest BCUT2D eigenvalue weighted by atomic mass is 35.5. The molecule has 0 aliphatic heterocycles. The maximum absolute atomic E-state index is 12.7. The average molecular weight is 454 g/mol. The third kappa shape index (κ3) is 5.33. The van der Waals surface area contributed by atoms with Crippen molar-refractivity contribution in [3.05, 3.63) is 82.9 Å². The Kier molecular flexibility index (Phi) is 7.97. The standard InChI is InChI=1S/C26H32ClN3O2/c1-5-6-16-24-28-17-22(29(24)18-20-12-10-11-15-23(20)27)19-30(21-13-8-7-9-14-21)26(2,3)25(31)32-4/h7-15,17H,5-6,16,18-19H2,1-4H3. The SMILES string of the molecule is CCCCc1ncc(CN(c2ccccc2)C(C)(C)C(=O)OC)n1Cc1ccccc1Cl. The summed E-state index contributed by atoms with van der Waals surface area (Å²) in [7, 11) is 1.43. The number of carbonyl (C=O) groups is 1. The van der Waals surface area contributed by atoms with Crippen molar-refractivity contribution in [3.63, 3.8) is 0 Å². The Morgan fingerprint density at radius 3 is 2.47 bits per heavy atom. The van der Waals surface area contributed by atoms with Crippen LogP contribution in [-0.4, -0.2) is 28.2 Å². The number of ether oxygens (including phenoxy) is 1. The Bertz CT molecular complexity index is 1030. The summed E-state index contributed by atoms with van der Waals surface area (Å²) >= 11 is 6.48. The molecule has 1 heterocycles. The summed E-state index contributed by atoms with van der Waals surface area (Å²) in [6.45, 7) is 7.10. The summed E-state index contributed by atoms with van der Waals surface area (Å²) in [5, 5.41) is 0.739. The highest BCUT2D eigenvalue weighted by molar-refractivity contribution is 6.31. The first-order valence-electron chi connectivity index (χ1n) is 11.1. The lowest BCUT2D eigenvalue weighted by Crippen LogP contribution is -2.51. The van der Waals surface area contributed by atoms with Crippen molar-refractivity contribution in [1.82, 2.24) is 9.55 Å². The molecule has 6 heteroatoms. The van der Waals surface area contributed by atoms with E-state index in [0.29, 0.717) is 13.1 Å². The van der Waals surface area contributed by atoms with Gasteiger partial charge in [0, 0.05) is 17.1 Å². The Morgan fingerprint density at radius 2 is 1.81 bits per heavy atom. The minimum Gasteiger partial charge on any atom is -0.467 e. The molecule has 0 unspecified atom stereocenters. The number of hydrogen-bond acceptors (Lipinski definition) is 4. The Balaban J connectivity index is 2.03. The highest BCUT2D eigenvalue weighted by Gasteiger charge is 2.36. The second kappa shape index (κ2) is 10.7. The Labute approximate surface area is 196 Å². The number of anilines is 1. The highest BCUT2D eigenvalue weighted by Crippen LogP contribution is 2.28. The summed E-state index contributed by atoms with van der Waals surface area (Å²) in [6, 6.07) is 17.8. The number of hydrogen-bond donors (Lipinski definition) is 0. The zero-order chi connectivity index (χ0) is 23.1. The van der Waals surface area contributed by atoms with Crippen molar-refractivity contribution in [2.24, 2.45) is 0 Å². The number of benzene rings is 2. The molecule has 0 aliphatic rings. The number of halogens is 1. The summed E-state index contributed by atoms with van der Waals surface area (Å²) in [5.41, 5.74) is 2.16. The molecule has 0 spiro atoms. The van der Waals surface area contributed by atoms with E-state index in [0.717, 1.165) is 47.1 Å². The Hall–Kier alpha value is -2.79. The van der Waals surface area contributed by atoms with Gasteiger partial charge in [-0.15, -0.1) is 0 Å². The van der Waals surface area contributed by atoms with Gasteiger partial charge in [-0.25, -0.2) is 9.78 Å². The number of carbonyl (C=O) groups excluding carboxylic acids is 1. The van der Waals surface area contributed by atoms with Gasteiger partial charge in [0.05, 0.1) is 32.1 Å². The fraction of sp³-hybridized carbons (Fsp3) is 0.385. The molecular weight excluding hydrogens is 422 g/mol. The minimum atomic E-state index is -0.862. The van der Waals surface area contributed by atoms with Crippen LogP contribution in [0.2, 0.25) is 5.02 Å². The van der Waals surface area contributed by atoms with Gasteiger partial charge in [0.25, 0.3) is 0 Å². The van der Waals surface area contributed by atoms with E-state index in [1.54, 1.807) is 0 Å². The molecular formula is C26H32ClN3O2. The maximum Gasteiger partial charge on any atom is 0.331 e. The van der Waals surface area contributed by atoms with Crippen LogP contribution in [0.3, 0.4) is 0 Å². The molecule has 5 nitrogen and oxygen atoms in total. The predicted octanol–water partition coefficient (Wildman–Crippen LogP) is 5.89. The maximum atomic E-state index is 12.7. The lowest BCUT2D eigenvalue weighted by molar-refractivity contribution is -0.145. The summed E-state index contributed by atoms with van der Waals surface area (Å²) in [5.74, 6) is 0.746. The first kappa shape index (κ1) is 23.9. The second-order valence-corrected chi connectivity index (χ2v) is 8.83.